The standard InChI is InChI=1S/C23H26N4O2/c28-22(16-6-2-1-3-7-16)27-21(23(29)26-18-10-12-24-13-11-18)14-17-15-25-20-9-5-4-8-19(17)20/h4-5,8-13,15-16,21,25H,1-3,6-7,14H2,(H,27,28)(H,24,26,29)/t21-/m1/s1. The van der Waals surface area contributed by atoms with E-state index < -0.39 is 6.04 Å². The normalized spacial score (nSPS) is 15.7. The number of rotatable bonds is 6. The Kier molecular flexibility index (Phi) is 5.89. The van der Waals surface area contributed by atoms with Crippen molar-refractivity contribution >= 4 is 28.4 Å². The molecule has 0 saturated heterocycles. The fourth-order valence-electron chi connectivity index (χ4n) is 4.05. The summed E-state index contributed by atoms with van der Waals surface area (Å²) in [6.07, 6.45) is 10.8. The second-order valence-electron chi connectivity index (χ2n) is 7.68. The Hall–Kier alpha value is -3.15. The molecular formula is C23H26N4O2. The number of aromatic nitrogens is 2. The van der Waals surface area contributed by atoms with Crippen LogP contribution in [0.25, 0.3) is 10.9 Å². The molecule has 1 aliphatic carbocycles. The summed E-state index contributed by atoms with van der Waals surface area (Å²) >= 11 is 0. The minimum atomic E-state index is -0.642. The van der Waals surface area contributed by atoms with Gasteiger partial charge in [0.15, 0.2) is 0 Å². The van der Waals surface area contributed by atoms with Crippen LogP contribution in [-0.2, 0) is 16.0 Å². The topological polar surface area (TPSA) is 86.9 Å². The molecule has 3 aromatic rings. The van der Waals surface area contributed by atoms with Crippen molar-refractivity contribution in [2.45, 2.75) is 44.6 Å². The quantitative estimate of drug-likeness (QED) is 0.598. The van der Waals surface area contributed by atoms with Crippen LogP contribution in [0, 0.1) is 5.92 Å². The number of hydrogen-bond donors (Lipinski definition) is 3. The maximum atomic E-state index is 13.0. The third-order valence-corrected chi connectivity index (χ3v) is 5.66. The average Bonchev–Trinajstić information content (AvgIpc) is 3.17. The summed E-state index contributed by atoms with van der Waals surface area (Å²) in [4.78, 5) is 33.1. The SMILES string of the molecule is O=C(N[C@H](Cc1c[nH]c2ccccc12)C(=O)Nc1ccncc1)C1CCCCC1. The van der Waals surface area contributed by atoms with Crippen molar-refractivity contribution in [3.8, 4) is 0 Å². The fraction of sp³-hybridized carbons (Fsp3) is 0.348. The zero-order valence-corrected chi connectivity index (χ0v) is 16.4. The van der Waals surface area contributed by atoms with E-state index in [1.54, 1.807) is 24.5 Å². The van der Waals surface area contributed by atoms with Gasteiger partial charge in [0, 0.05) is 47.5 Å². The van der Waals surface area contributed by atoms with E-state index in [2.05, 4.69) is 20.6 Å². The first-order valence-corrected chi connectivity index (χ1v) is 10.3. The van der Waals surface area contributed by atoms with E-state index in [0.29, 0.717) is 12.1 Å². The number of para-hydroxylation sites is 1. The van der Waals surface area contributed by atoms with Gasteiger partial charge in [0.05, 0.1) is 0 Å². The Labute approximate surface area is 170 Å². The van der Waals surface area contributed by atoms with Gasteiger partial charge >= 0.3 is 0 Å². The van der Waals surface area contributed by atoms with Crippen LogP contribution in [0.4, 0.5) is 5.69 Å². The number of anilines is 1. The van der Waals surface area contributed by atoms with E-state index in [1.165, 1.54) is 6.42 Å². The van der Waals surface area contributed by atoms with Crippen LogP contribution in [0.15, 0.2) is 55.0 Å². The highest BCUT2D eigenvalue weighted by molar-refractivity contribution is 5.98. The number of pyridine rings is 1. The zero-order chi connectivity index (χ0) is 20.1. The third kappa shape index (κ3) is 4.65. The molecule has 1 atom stereocenters. The summed E-state index contributed by atoms with van der Waals surface area (Å²) in [5.74, 6) is -0.229. The molecule has 3 N–H and O–H groups in total. The van der Waals surface area contributed by atoms with Gasteiger partial charge in [-0.15, -0.1) is 0 Å². The van der Waals surface area contributed by atoms with Gasteiger partial charge in [0.25, 0.3) is 0 Å². The molecule has 0 spiro atoms. The molecule has 1 fully saturated rings. The van der Waals surface area contributed by atoms with Crippen LogP contribution in [0.3, 0.4) is 0 Å². The molecule has 1 aromatic carbocycles. The summed E-state index contributed by atoms with van der Waals surface area (Å²) in [5.41, 5.74) is 2.70. The molecule has 0 bridgehead atoms. The van der Waals surface area contributed by atoms with Gasteiger partial charge in [-0.2, -0.15) is 0 Å². The summed E-state index contributed by atoms with van der Waals surface area (Å²) in [6, 6.07) is 10.8. The van der Waals surface area contributed by atoms with Gasteiger partial charge in [-0.3, -0.25) is 14.6 Å². The predicted molar refractivity (Wildman–Crippen MR) is 113 cm³/mol. The molecule has 6 heteroatoms. The van der Waals surface area contributed by atoms with Gasteiger partial charge in [-0.05, 0) is 36.6 Å². The minimum Gasteiger partial charge on any atom is -0.361 e. The lowest BCUT2D eigenvalue weighted by Gasteiger charge is -2.24. The number of H-pyrrole nitrogens is 1. The van der Waals surface area contributed by atoms with Gasteiger partial charge < -0.3 is 15.6 Å². The molecule has 2 amide bonds. The average molecular weight is 390 g/mol. The number of carbonyl (C=O) groups excluding carboxylic acids is 2. The lowest BCUT2D eigenvalue weighted by atomic mass is 9.88. The second-order valence-corrected chi connectivity index (χ2v) is 7.68. The van der Waals surface area contributed by atoms with Crippen molar-refractivity contribution in [1.29, 1.82) is 0 Å². The summed E-state index contributed by atoms with van der Waals surface area (Å²) < 4.78 is 0. The molecule has 150 valence electrons. The lowest BCUT2D eigenvalue weighted by Crippen LogP contribution is -2.47. The Morgan fingerprint density at radius 3 is 2.62 bits per heavy atom. The van der Waals surface area contributed by atoms with E-state index in [1.807, 2.05) is 30.5 Å². The molecule has 0 aliphatic heterocycles. The van der Waals surface area contributed by atoms with Crippen LogP contribution in [-0.4, -0.2) is 27.8 Å². The Bertz CT molecular complexity index is 977. The number of nitrogens with one attached hydrogen (secondary N) is 3. The molecule has 0 radical (unpaired) electrons. The number of amides is 2. The van der Waals surface area contributed by atoms with Crippen LogP contribution >= 0.6 is 0 Å². The molecule has 1 aliphatic rings. The monoisotopic (exact) mass is 390 g/mol. The maximum absolute atomic E-state index is 13.0. The van der Waals surface area contributed by atoms with E-state index in [9.17, 15) is 9.59 Å². The summed E-state index contributed by atoms with van der Waals surface area (Å²) in [5, 5.41) is 7.01. The van der Waals surface area contributed by atoms with E-state index in [4.69, 9.17) is 0 Å². The number of benzene rings is 1. The maximum Gasteiger partial charge on any atom is 0.247 e. The predicted octanol–water partition coefficient (Wildman–Crippen LogP) is 3.81. The fourth-order valence-corrected chi connectivity index (χ4v) is 4.05. The molecule has 2 aromatic heterocycles. The molecule has 0 unspecified atom stereocenters. The smallest absolute Gasteiger partial charge is 0.247 e. The number of carbonyl (C=O) groups is 2. The first kappa shape index (κ1) is 19.2. The molecule has 2 heterocycles. The number of aromatic amines is 1. The largest absolute Gasteiger partial charge is 0.361 e. The molecular weight excluding hydrogens is 364 g/mol. The molecule has 1 saturated carbocycles. The van der Waals surface area contributed by atoms with Crippen molar-refractivity contribution in [3.05, 3.63) is 60.6 Å². The first-order chi connectivity index (χ1) is 14.2. The Balaban J connectivity index is 1.54. The van der Waals surface area contributed by atoms with Crippen molar-refractivity contribution in [2.24, 2.45) is 5.92 Å². The van der Waals surface area contributed by atoms with Crippen LogP contribution in [0.5, 0.6) is 0 Å². The number of nitrogens with zero attached hydrogens (tertiary/aromatic N) is 1. The number of hydrogen-bond acceptors (Lipinski definition) is 3. The van der Waals surface area contributed by atoms with E-state index in [0.717, 1.165) is 42.1 Å². The molecule has 29 heavy (non-hydrogen) atoms. The van der Waals surface area contributed by atoms with Crippen molar-refractivity contribution < 1.29 is 9.59 Å². The van der Waals surface area contributed by atoms with E-state index >= 15 is 0 Å². The highest BCUT2D eigenvalue weighted by Crippen LogP contribution is 2.24. The molecule has 4 rings (SSSR count). The van der Waals surface area contributed by atoms with Gasteiger partial charge in [-0.25, -0.2) is 0 Å². The molecule has 6 nitrogen and oxygen atoms in total. The first-order valence-electron chi connectivity index (χ1n) is 10.3. The zero-order valence-electron chi connectivity index (χ0n) is 16.4. The van der Waals surface area contributed by atoms with Gasteiger partial charge in [0.2, 0.25) is 11.8 Å². The summed E-state index contributed by atoms with van der Waals surface area (Å²) in [7, 11) is 0. The third-order valence-electron chi connectivity index (χ3n) is 5.66. The Morgan fingerprint density at radius 2 is 1.83 bits per heavy atom. The summed E-state index contributed by atoms with van der Waals surface area (Å²) in [6.45, 7) is 0. The highest BCUT2D eigenvalue weighted by Gasteiger charge is 2.27. The van der Waals surface area contributed by atoms with Gasteiger partial charge in [0.1, 0.15) is 6.04 Å². The van der Waals surface area contributed by atoms with Crippen LogP contribution in [0.1, 0.15) is 37.7 Å². The van der Waals surface area contributed by atoms with Crippen LogP contribution < -0.4 is 10.6 Å². The van der Waals surface area contributed by atoms with Crippen molar-refractivity contribution in [1.82, 2.24) is 15.3 Å². The van der Waals surface area contributed by atoms with Crippen LogP contribution in [0.2, 0.25) is 0 Å². The van der Waals surface area contributed by atoms with E-state index in [-0.39, 0.29) is 17.7 Å². The minimum absolute atomic E-state index is 0.00273. The Morgan fingerprint density at radius 1 is 1.07 bits per heavy atom. The van der Waals surface area contributed by atoms with Crippen molar-refractivity contribution in [3.63, 3.8) is 0 Å². The van der Waals surface area contributed by atoms with Crippen molar-refractivity contribution in [2.75, 3.05) is 5.32 Å². The lowest BCUT2D eigenvalue weighted by molar-refractivity contribution is -0.130. The second kappa shape index (κ2) is 8.90. The van der Waals surface area contributed by atoms with Gasteiger partial charge in [-0.1, -0.05) is 37.5 Å². The highest BCUT2D eigenvalue weighted by atomic mass is 16.2. The number of fused-ring (bicyclic) bond motifs is 1.